The van der Waals surface area contributed by atoms with Crippen molar-refractivity contribution in [1.29, 1.82) is 0 Å². The first kappa shape index (κ1) is 18.5. The summed E-state index contributed by atoms with van der Waals surface area (Å²) in [6, 6.07) is -0.346. The fourth-order valence-electron chi connectivity index (χ4n) is 3.36. The molecular weight excluding hydrogens is 358 g/mol. The molecule has 2 N–H and O–H groups in total. The van der Waals surface area contributed by atoms with Crippen LogP contribution < -0.4 is 10.1 Å². The number of aryl methyl sites for hydroxylation is 1. The lowest BCUT2D eigenvalue weighted by atomic mass is 10.0. The molecule has 2 aromatic heterocycles. The highest BCUT2D eigenvalue weighted by atomic mass is 32.1. The molecule has 26 heavy (non-hydrogen) atoms. The van der Waals surface area contributed by atoms with Gasteiger partial charge in [0.1, 0.15) is 11.4 Å². The molecule has 0 aliphatic heterocycles. The summed E-state index contributed by atoms with van der Waals surface area (Å²) in [4.78, 5) is 34.0. The van der Waals surface area contributed by atoms with E-state index in [1.807, 2.05) is 6.92 Å². The Morgan fingerprint density at radius 1 is 1.31 bits per heavy atom. The molecule has 2 atom stereocenters. The van der Waals surface area contributed by atoms with Crippen LogP contribution in [0.4, 0.5) is 0 Å². The Hall–Kier alpha value is -2.26. The minimum Gasteiger partial charge on any atom is -0.481 e. The van der Waals surface area contributed by atoms with E-state index < -0.39 is 11.9 Å². The van der Waals surface area contributed by atoms with Crippen LogP contribution in [0, 0.1) is 12.8 Å². The van der Waals surface area contributed by atoms with Gasteiger partial charge in [-0.25, -0.2) is 4.98 Å². The molecule has 2 heterocycles. The van der Waals surface area contributed by atoms with Crippen molar-refractivity contribution < 1.29 is 24.2 Å². The van der Waals surface area contributed by atoms with E-state index in [0.717, 1.165) is 12.0 Å². The van der Waals surface area contributed by atoms with Gasteiger partial charge in [0.2, 0.25) is 5.88 Å². The molecule has 0 bridgehead atoms. The maximum atomic E-state index is 12.8. The van der Waals surface area contributed by atoms with Crippen molar-refractivity contribution in [3.05, 3.63) is 16.3 Å². The molecule has 1 fully saturated rings. The highest BCUT2D eigenvalue weighted by molar-refractivity contribution is 7.20. The first-order chi connectivity index (χ1) is 12.5. The first-order valence-electron chi connectivity index (χ1n) is 8.32. The zero-order chi connectivity index (χ0) is 18.8. The Morgan fingerprint density at radius 3 is 2.73 bits per heavy atom. The lowest BCUT2D eigenvalue weighted by Gasteiger charge is -2.17. The van der Waals surface area contributed by atoms with E-state index in [1.165, 1.54) is 18.4 Å². The minimum atomic E-state index is -0.863. The Balaban J connectivity index is 1.93. The molecule has 0 saturated heterocycles. The van der Waals surface area contributed by atoms with Gasteiger partial charge in [0.05, 0.1) is 23.3 Å². The summed E-state index contributed by atoms with van der Waals surface area (Å²) in [6.45, 7) is 2.06. The zero-order valence-corrected chi connectivity index (χ0v) is 15.7. The molecule has 0 aromatic carbocycles. The molecule has 0 spiro atoms. The van der Waals surface area contributed by atoms with Gasteiger partial charge in [0.15, 0.2) is 5.82 Å². The van der Waals surface area contributed by atoms with Gasteiger partial charge in [-0.15, -0.1) is 11.3 Å². The molecule has 9 heteroatoms. The summed E-state index contributed by atoms with van der Waals surface area (Å²) in [5, 5.41) is 12.9. The lowest BCUT2D eigenvalue weighted by molar-refractivity contribution is -0.142. The number of nitrogens with one attached hydrogen (secondary N) is 1. The maximum absolute atomic E-state index is 12.8. The Bertz CT molecular complexity index is 851. The molecule has 0 unspecified atom stereocenters. The average molecular weight is 379 g/mol. The molecule has 1 amide bonds. The van der Waals surface area contributed by atoms with Crippen LogP contribution in [0.3, 0.4) is 0 Å². The molecular formula is C17H21N3O5S. The Kier molecular flexibility index (Phi) is 5.38. The third-order valence-electron chi connectivity index (χ3n) is 4.63. The highest BCUT2D eigenvalue weighted by Gasteiger charge is 2.34. The van der Waals surface area contributed by atoms with Crippen LogP contribution in [0.15, 0.2) is 0 Å². The quantitative estimate of drug-likeness (QED) is 0.791. The number of aliphatic carboxylic acids is 1. The lowest BCUT2D eigenvalue weighted by Crippen LogP contribution is -2.40. The van der Waals surface area contributed by atoms with E-state index >= 15 is 0 Å². The van der Waals surface area contributed by atoms with Crippen molar-refractivity contribution in [2.24, 2.45) is 5.92 Å². The first-order valence-corrected chi connectivity index (χ1v) is 9.14. The highest BCUT2D eigenvalue weighted by Crippen LogP contribution is 2.35. The summed E-state index contributed by atoms with van der Waals surface area (Å²) < 4.78 is 10.4. The number of rotatable bonds is 6. The third kappa shape index (κ3) is 3.36. The van der Waals surface area contributed by atoms with Gasteiger partial charge < -0.3 is 19.9 Å². The second-order valence-corrected chi connectivity index (χ2v) is 7.27. The van der Waals surface area contributed by atoms with Gasteiger partial charge in [-0.05, 0) is 25.3 Å². The molecule has 1 aliphatic carbocycles. The largest absolute Gasteiger partial charge is 0.481 e. The van der Waals surface area contributed by atoms with Gasteiger partial charge in [-0.3, -0.25) is 9.59 Å². The van der Waals surface area contributed by atoms with Crippen molar-refractivity contribution in [2.75, 3.05) is 14.2 Å². The zero-order valence-electron chi connectivity index (χ0n) is 14.9. The second kappa shape index (κ2) is 7.55. The number of carbonyl (C=O) groups excluding carboxylic acids is 1. The third-order valence-corrected chi connectivity index (χ3v) is 5.81. The van der Waals surface area contributed by atoms with E-state index in [1.54, 1.807) is 7.11 Å². The summed E-state index contributed by atoms with van der Waals surface area (Å²) in [5.74, 6) is -0.793. The van der Waals surface area contributed by atoms with Gasteiger partial charge in [0, 0.05) is 13.2 Å². The van der Waals surface area contributed by atoms with Crippen LogP contribution in [0.1, 0.15) is 40.3 Å². The monoisotopic (exact) mass is 379 g/mol. The maximum Gasteiger partial charge on any atom is 0.308 e. The van der Waals surface area contributed by atoms with Crippen molar-refractivity contribution >= 4 is 33.4 Å². The number of hydrogen-bond donors (Lipinski definition) is 2. The molecule has 140 valence electrons. The molecule has 0 radical (unpaired) electrons. The number of aromatic nitrogens is 2. The summed E-state index contributed by atoms with van der Waals surface area (Å²) in [6.07, 6.45) is 2.06. The predicted octanol–water partition coefficient (Wildman–Crippen LogP) is 2.14. The minimum absolute atomic E-state index is 0.243. The number of nitrogens with zero attached hydrogens (tertiary/aromatic N) is 2. The predicted molar refractivity (Wildman–Crippen MR) is 95.6 cm³/mol. The molecule has 8 nitrogen and oxygen atoms in total. The fraction of sp³-hybridized carbons (Fsp3) is 0.529. The number of thiophene rings is 1. The number of carboxylic acid groups (broad SMARTS) is 1. The molecule has 1 saturated carbocycles. The Labute approximate surface area is 154 Å². The van der Waals surface area contributed by atoms with Crippen LogP contribution in [-0.4, -0.2) is 47.2 Å². The van der Waals surface area contributed by atoms with Gasteiger partial charge in [-0.2, -0.15) is 4.98 Å². The number of amides is 1. The van der Waals surface area contributed by atoms with Crippen molar-refractivity contribution in [3.8, 4) is 5.88 Å². The van der Waals surface area contributed by atoms with Crippen LogP contribution in [0.2, 0.25) is 0 Å². The number of carboxylic acids is 1. The van der Waals surface area contributed by atoms with Crippen molar-refractivity contribution in [2.45, 2.75) is 38.8 Å². The van der Waals surface area contributed by atoms with Gasteiger partial charge in [0.25, 0.3) is 5.91 Å². The van der Waals surface area contributed by atoms with Gasteiger partial charge in [-0.1, -0.05) is 6.42 Å². The molecule has 2 aromatic rings. The van der Waals surface area contributed by atoms with E-state index in [-0.39, 0.29) is 18.6 Å². The molecule has 3 rings (SSSR count). The number of carbonyl (C=O) groups is 2. The van der Waals surface area contributed by atoms with Crippen LogP contribution in [0.5, 0.6) is 5.88 Å². The van der Waals surface area contributed by atoms with Crippen LogP contribution >= 0.6 is 11.3 Å². The van der Waals surface area contributed by atoms with Gasteiger partial charge >= 0.3 is 5.97 Å². The van der Waals surface area contributed by atoms with Crippen molar-refractivity contribution in [3.63, 3.8) is 0 Å². The average Bonchev–Trinajstić information content (AvgIpc) is 3.19. The number of fused-ring (bicyclic) bond motifs is 1. The summed E-state index contributed by atoms with van der Waals surface area (Å²) >= 11 is 1.25. The van der Waals surface area contributed by atoms with E-state index in [2.05, 4.69) is 15.3 Å². The second-order valence-electron chi connectivity index (χ2n) is 6.27. The standard InChI is InChI=1S/C17H21N3O5S/c1-8-12-15(25-3)19-11(7-24-2)20-16(12)26-13(8)14(21)18-10-6-4-5-9(10)17(22)23/h9-10H,4-7H2,1-3H3,(H,18,21)(H,22,23)/t9-,10+/m0/s1. The van der Waals surface area contributed by atoms with Crippen LogP contribution in [-0.2, 0) is 16.1 Å². The summed E-state index contributed by atoms with van der Waals surface area (Å²) in [7, 11) is 3.07. The normalized spacial score (nSPS) is 19.7. The number of ether oxygens (including phenoxy) is 2. The number of methoxy groups -OCH3 is 2. The van der Waals surface area contributed by atoms with E-state index in [4.69, 9.17) is 9.47 Å². The topological polar surface area (TPSA) is 111 Å². The molecule has 1 aliphatic rings. The van der Waals surface area contributed by atoms with E-state index in [0.29, 0.717) is 39.6 Å². The van der Waals surface area contributed by atoms with Crippen LogP contribution in [0.25, 0.3) is 10.2 Å². The van der Waals surface area contributed by atoms with E-state index in [9.17, 15) is 14.7 Å². The summed E-state index contributed by atoms with van der Waals surface area (Å²) in [5.41, 5.74) is 0.730. The fourth-order valence-corrected chi connectivity index (χ4v) is 4.46. The Morgan fingerprint density at radius 2 is 2.08 bits per heavy atom. The smallest absolute Gasteiger partial charge is 0.308 e. The number of hydrogen-bond acceptors (Lipinski definition) is 7. The SMILES string of the molecule is COCc1nc(OC)c2c(C)c(C(=O)N[C@@H]3CCC[C@@H]3C(=O)O)sc2n1. The van der Waals surface area contributed by atoms with Crippen molar-refractivity contribution in [1.82, 2.24) is 15.3 Å².